The maximum atomic E-state index is 13.6. The molecule has 0 saturated heterocycles. The molecule has 0 fully saturated rings. The van der Waals surface area contributed by atoms with Crippen molar-refractivity contribution in [2.45, 2.75) is 10.9 Å². The van der Waals surface area contributed by atoms with Gasteiger partial charge < -0.3 is 15.0 Å². The highest BCUT2D eigenvalue weighted by molar-refractivity contribution is 7.90. The number of rotatable bonds is 8. The lowest BCUT2D eigenvalue weighted by atomic mass is 10.2. The Bertz CT molecular complexity index is 1900. The second kappa shape index (κ2) is 10.9. The summed E-state index contributed by atoms with van der Waals surface area (Å²) < 4.78 is 31.5. The van der Waals surface area contributed by atoms with Crippen LogP contribution >= 0.6 is 0 Å². The zero-order chi connectivity index (χ0) is 28.3. The van der Waals surface area contributed by atoms with Gasteiger partial charge in [-0.05, 0) is 36.4 Å². The predicted molar refractivity (Wildman–Crippen MR) is 146 cm³/mol. The van der Waals surface area contributed by atoms with Crippen LogP contribution in [0.5, 0.6) is 5.75 Å². The van der Waals surface area contributed by atoms with Crippen molar-refractivity contribution in [1.82, 2.24) is 24.7 Å². The Hall–Kier alpha value is -5.24. The topological polar surface area (TPSA) is 174 Å². The second-order valence-corrected chi connectivity index (χ2v) is 10.5. The number of nitrogens with zero attached hydrogens (tertiary/aromatic N) is 6. The molecule has 40 heavy (non-hydrogen) atoms. The van der Waals surface area contributed by atoms with Gasteiger partial charge in [-0.15, -0.1) is 5.11 Å². The first-order chi connectivity index (χ1) is 19.3. The lowest BCUT2D eigenvalue weighted by Crippen LogP contribution is -2.24. The standard InChI is InChI=1S/C26H22N8O5S/c1-39-19-12-6-5-11-18(19)30-26(36)22(23-29-17-10-4-3-9-16(17)25(35)31-23)32-33-24-20(40(2,37)38)15-28-34(24)21-13-7-8-14-27-21/h3-15,22H,1-2H3,(H,30,36)(H,29,31,35). The zero-order valence-electron chi connectivity index (χ0n) is 21.2. The summed E-state index contributed by atoms with van der Waals surface area (Å²) in [5.74, 6) is -0.335. The molecule has 1 unspecified atom stereocenters. The molecule has 2 N–H and O–H groups in total. The average molecular weight is 559 g/mol. The maximum Gasteiger partial charge on any atom is 0.259 e. The number of para-hydroxylation sites is 3. The highest BCUT2D eigenvalue weighted by Crippen LogP contribution is 2.30. The Morgan fingerprint density at radius 3 is 2.58 bits per heavy atom. The van der Waals surface area contributed by atoms with Gasteiger partial charge in [-0.2, -0.15) is 14.9 Å². The molecule has 0 aliphatic rings. The summed E-state index contributed by atoms with van der Waals surface area (Å²) in [6.07, 6.45) is 3.63. The van der Waals surface area contributed by atoms with Gasteiger partial charge in [0.05, 0.1) is 29.9 Å². The highest BCUT2D eigenvalue weighted by atomic mass is 32.2. The van der Waals surface area contributed by atoms with E-state index in [0.717, 1.165) is 12.5 Å². The number of ether oxygens (including phenoxy) is 1. The number of benzene rings is 2. The van der Waals surface area contributed by atoms with Crippen LogP contribution in [0.2, 0.25) is 0 Å². The quantitative estimate of drug-likeness (QED) is 0.273. The molecule has 0 spiro atoms. The van der Waals surface area contributed by atoms with Gasteiger partial charge in [-0.25, -0.2) is 18.4 Å². The fourth-order valence-electron chi connectivity index (χ4n) is 3.85. The minimum absolute atomic E-state index is 0.107. The van der Waals surface area contributed by atoms with Gasteiger partial charge in [-0.1, -0.05) is 30.3 Å². The lowest BCUT2D eigenvalue weighted by Gasteiger charge is -2.14. The van der Waals surface area contributed by atoms with E-state index >= 15 is 0 Å². The summed E-state index contributed by atoms with van der Waals surface area (Å²) in [6.45, 7) is 0. The molecule has 2 aromatic carbocycles. The van der Waals surface area contributed by atoms with Crippen LogP contribution in [0.1, 0.15) is 11.9 Å². The van der Waals surface area contributed by atoms with Crippen LogP contribution in [-0.4, -0.2) is 52.4 Å². The summed E-state index contributed by atoms with van der Waals surface area (Å²) in [5.41, 5.74) is 0.192. The van der Waals surface area contributed by atoms with Crippen molar-refractivity contribution in [2.75, 3.05) is 18.7 Å². The first-order valence-electron chi connectivity index (χ1n) is 11.8. The van der Waals surface area contributed by atoms with Gasteiger partial charge in [0.25, 0.3) is 11.5 Å². The van der Waals surface area contributed by atoms with Crippen LogP contribution in [-0.2, 0) is 14.6 Å². The molecule has 13 nitrogen and oxygen atoms in total. The number of fused-ring (bicyclic) bond motifs is 1. The largest absolute Gasteiger partial charge is 0.495 e. The molecule has 0 radical (unpaired) electrons. The van der Waals surface area contributed by atoms with Crippen LogP contribution in [0.25, 0.3) is 16.7 Å². The number of carbonyl (C=O) groups is 1. The van der Waals surface area contributed by atoms with Crippen molar-refractivity contribution in [3.05, 3.63) is 95.3 Å². The van der Waals surface area contributed by atoms with E-state index in [1.165, 1.54) is 18.0 Å². The molecule has 3 aromatic heterocycles. The normalized spacial score (nSPS) is 12.4. The molecular weight excluding hydrogens is 536 g/mol. The predicted octanol–water partition coefficient (Wildman–Crippen LogP) is 3.38. The van der Waals surface area contributed by atoms with E-state index in [9.17, 15) is 18.0 Å². The van der Waals surface area contributed by atoms with E-state index in [1.807, 2.05) is 0 Å². The van der Waals surface area contributed by atoms with E-state index in [0.29, 0.717) is 22.3 Å². The first kappa shape index (κ1) is 26.4. The number of hydrogen-bond donors (Lipinski definition) is 2. The van der Waals surface area contributed by atoms with Gasteiger partial charge in [-0.3, -0.25) is 9.59 Å². The molecule has 3 heterocycles. The van der Waals surface area contributed by atoms with E-state index in [-0.39, 0.29) is 22.4 Å². The molecule has 202 valence electrons. The summed E-state index contributed by atoms with van der Waals surface area (Å²) in [4.78, 5) is 37.4. The van der Waals surface area contributed by atoms with Crippen molar-refractivity contribution in [2.24, 2.45) is 10.2 Å². The fourth-order valence-corrected chi connectivity index (χ4v) is 4.55. The number of azo groups is 1. The van der Waals surface area contributed by atoms with Crippen LogP contribution in [0.15, 0.2) is 99.0 Å². The number of pyridine rings is 1. The van der Waals surface area contributed by atoms with Crippen LogP contribution in [0.4, 0.5) is 11.5 Å². The number of carbonyl (C=O) groups excluding carboxylic acids is 1. The maximum absolute atomic E-state index is 13.6. The first-order valence-corrected chi connectivity index (χ1v) is 13.7. The van der Waals surface area contributed by atoms with Gasteiger partial charge in [0.15, 0.2) is 21.5 Å². The fraction of sp³-hybridized carbons (Fsp3) is 0.115. The number of methoxy groups -OCH3 is 1. The smallest absolute Gasteiger partial charge is 0.259 e. The molecule has 0 aliphatic heterocycles. The number of aromatic amines is 1. The molecular formula is C26H22N8O5S. The number of H-pyrrole nitrogens is 1. The molecule has 14 heteroatoms. The highest BCUT2D eigenvalue weighted by Gasteiger charge is 2.27. The van der Waals surface area contributed by atoms with Crippen molar-refractivity contribution in [3.63, 3.8) is 0 Å². The second-order valence-electron chi connectivity index (χ2n) is 8.48. The number of anilines is 1. The Morgan fingerprint density at radius 2 is 1.82 bits per heavy atom. The van der Waals surface area contributed by atoms with Gasteiger partial charge in [0.1, 0.15) is 16.5 Å². The summed E-state index contributed by atoms with van der Waals surface area (Å²) in [7, 11) is -2.35. The summed E-state index contributed by atoms with van der Waals surface area (Å²) in [5, 5.41) is 15.5. The molecule has 0 aliphatic carbocycles. The third-order valence-electron chi connectivity index (χ3n) is 5.75. The molecule has 0 bridgehead atoms. The number of hydrogen-bond acceptors (Lipinski definition) is 10. The van der Waals surface area contributed by atoms with Crippen LogP contribution < -0.4 is 15.6 Å². The molecule has 1 amide bonds. The Morgan fingerprint density at radius 1 is 1.07 bits per heavy atom. The van der Waals surface area contributed by atoms with E-state index in [4.69, 9.17) is 4.74 Å². The Balaban J connectivity index is 1.65. The molecule has 5 rings (SSSR count). The third-order valence-corrected chi connectivity index (χ3v) is 6.84. The van der Waals surface area contributed by atoms with Crippen molar-refractivity contribution in [1.29, 1.82) is 0 Å². The molecule has 5 aromatic rings. The molecule has 0 saturated carbocycles. The Labute approximate surface area is 227 Å². The third kappa shape index (κ3) is 5.33. The van der Waals surface area contributed by atoms with Crippen molar-refractivity contribution >= 4 is 38.2 Å². The summed E-state index contributed by atoms with van der Waals surface area (Å²) in [6, 6.07) is 16.8. The van der Waals surface area contributed by atoms with E-state index < -0.39 is 27.3 Å². The van der Waals surface area contributed by atoms with Gasteiger partial charge in [0.2, 0.25) is 6.04 Å². The van der Waals surface area contributed by atoms with Crippen molar-refractivity contribution in [3.8, 4) is 11.6 Å². The number of nitrogens with one attached hydrogen (secondary N) is 2. The van der Waals surface area contributed by atoms with Crippen molar-refractivity contribution < 1.29 is 17.9 Å². The monoisotopic (exact) mass is 558 g/mol. The van der Waals surface area contributed by atoms with E-state index in [1.54, 1.807) is 66.7 Å². The minimum Gasteiger partial charge on any atom is -0.495 e. The number of sulfone groups is 1. The summed E-state index contributed by atoms with van der Waals surface area (Å²) >= 11 is 0. The average Bonchev–Trinajstić information content (AvgIpc) is 3.39. The SMILES string of the molecule is COc1ccccc1NC(=O)C(N=Nc1c(S(C)(=O)=O)cnn1-c1ccccn1)c1nc2ccccc2c(=O)[nH]1. The van der Waals surface area contributed by atoms with Crippen LogP contribution in [0, 0.1) is 0 Å². The van der Waals surface area contributed by atoms with Crippen LogP contribution in [0.3, 0.4) is 0 Å². The van der Waals surface area contributed by atoms with Gasteiger partial charge in [0, 0.05) is 12.5 Å². The lowest BCUT2D eigenvalue weighted by molar-refractivity contribution is -0.117. The minimum atomic E-state index is -3.80. The molecule has 1 atom stereocenters. The number of amides is 1. The van der Waals surface area contributed by atoms with E-state index in [2.05, 4.69) is 35.6 Å². The zero-order valence-corrected chi connectivity index (χ0v) is 22.0. The van der Waals surface area contributed by atoms with Gasteiger partial charge >= 0.3 is 0 Å². The number of aromatic nitrogens is 5. The Kier molecular flexibility index (Phi) is 7.16.